The van der Waals surface area contributed by atoms with E-state index in [0.29, 0.717) is 30.4 Å². The van der Waals surface area contributed by atoms with Crippen LogP contribution in [0.2, 0.25) is 0 Å². The number of allylic oxidation sites excluding steroid dienone is 3. The SMILES string of the molecule is C=CCc1cccc(C2C3=CCC4C(=O)N(Cc5cccs5)C(=O)C4C3CC3C(=O)N(Cc4cccs4)C(=O)C32)c1O. The lowest BCUT2D eigenvalue weighted by atomic mass is 9.57. The molecule has 4 amide bonds. The van der Waals surface area contributed by atoms with Crippen molar-refractivity contribution in [1.29, 1.82) is 0 Å². The van der Waals surface area contributed by atoms with Gasteiger partial charge in [-0.1, -0.05) is 48.1 Å². The third kappa shape index (κ3) is 4.13. The van der Waals surface area contributed by atoms with E-state index in [1.807, 2.05) is 59.3 Å². The van der Waals surface area contributed by atoms with Crippen LogP contribution in [0.5, 0.6) is 5.75 Å². The van der Waals surface area contributed by atoms with Crippen molar-refractivity contribution in [2.45, 2.75) is 38.3 Å². The summed E-state index contributed by atoms with van der Waals surface area (Å²) in [7, 11) is 0. The lowest BCUT2D eigenvalue weighted by Gasteiger charge is -2.44. The normalized spacial score (nSPS) is 28.5. The van der Waals surface area contributed by atoms with Crippen LogP contribution in [-0.4, -0.2) is 38.5 Å². The zero-order valence-electron chi connectivity index (χ0n) is 22.8. The first-order valence-electron chi connectivity index (χ1n) is 14.3. The highest BCUT2D eigenvalue weighted by Crippen LogP contribution is 2.59. The van der Waals surface area contributed by atoms with Crippen LogP contribution < -0.4 is 0 Å². The van der Waals surface area contributed by atoms with Crippen molar-refractivity contribution in [2.24, 2.45) is 29.6 Å². The minimum absolute atomic E-state index is 0.0925. The molecule has 0 spiro atoms. The number of amides is 4. The van der Waals surface area contributed by atoms with E-state index in [0.717, 1.165) is 15.3 Å². The number of fused-ring (bicyclic) bond motifs is 4. The van der Waals surface area contributed by atoms with Gasteiger partial charge in [-0.15, -0.1) is 29.3 Å². The highest BCUT2D eigenvalue weighted by Gasteiger charge is 2.62. The van der Waals surface area contributed by atoms with Gasteiger partial charge in [0.25, 0.3) is 0 Å². The van der Waals surface area contributed by atoms with Gasteiger partial charge in [0.2, 0.25) is 23.6 Å². The molecule has 0 radical (unpaired) electrons. The zero-order valence-corrected chi connectivity index (χ0v) is 24.5. The second-order valence-electron chi connectivity index (χ2n) is 11.6. The van der Waals surface area contributed by atoms with Gasteiger partial charge in [0.15, 0.2) is 0 Å². The quantitative estimate of drug-likeness (QED) is 0.295. The number of rotatable bonds is 7. The molecule has 7 nitrogen and oxygen atoms in total. The molecular weight excluding hydrogens is 569 g/mol. The summed E-state index contributed by atoms with van der Waals surface area (Å²) in [4.78, 5) is 60.1. The van der Waals surface area contributed by atoms with E-state index in [4.69, 9.17) is 0 Å². The Labute approximate surface area is 251 Å². The summed E-state index contributed by atoms with van der Waals surface area (Å²) in [6, 6.07) is 13.1. The average Bonchev–Trinajstić information content (AvgIpc) is 3.78. The van der Waals surface area contributed by atoms with Crippen LogP contribution in [0.3, 0.4) is 0 Å². The third-order valence-electron chi connectivity index (χ3n) is 9.47. The number of thiophene rings is 2. The van der Waals surface area contributed by atoms with Gasteiger partial charge in [-0.25, -0.2) is 0 Å². The fraction of sp³-hybridized carbons (Fsp3) is 0.333. The minimum Gasteiger partial charge on any atom is -0.507 e. The minimum atomic E-state index is -0.684. The van der Waals surface area contributed by atoms with E-state index in [1.165, 1.54) is 32.5 Å². The number of nitrogens with zero attached hydrogens (tertiary/aromatic N) is 2. The van der Waals surface area contributed by atoms with Crippen LogP contribution in [0, 0.1) is 29.6 Å². The maximum atomic E-state index is 14.1. The van der Waals surface area contributed by atoms with Gasteiger partial charge in [-0.3, -0.25) is 29.0 Å². The Bertz CT molecular complexity index is 1630. The van der Waals surface area contributed by atoms with E-state index in [-0.39, 0.29) is 48.4 Å². The number of carbonyl (C=O) groups is 4. The van der Waals surface area contributed by atoms with E-state index in [1.54, 1.807) is 6.08 Å². The third-order valence-corrected chi connectivity index (χ3v) is 11.2. The van der Waals surface area contributed by atoms with Crippen molar-refractivity contribution in [3.63, 3.8) is 0 Å². The van der Waals surface area contributed by atoms with Crippen LogP contribution in [0.1, 0.15) is 39.6 Å². The lowest BCUT2D eigenvalue weighted by molar-refractivity contribution is -0.142. The van der Waals surface area contributed by atoms with Gasteiger partial charge in [-0.05, 0) is 53.6 Å². The summed E-state index contributed by atoms with van der Waals surface area (Å²) in [6.45, 7) is 4.26. The topological polar surface area (TPSA) is 95.0 Å². The molecule has 2 aliphatic carbocycles. The first-order chi connectivity index (χ1) is 20.4. The Morgan fingerprint density at radius 3 is 2.07 bits per heavy atom. The van der Waals surface area contributed by atoms with Crippen molar-refractivity contribution in [2.75, 3.05) is 0 Å². The van der Waals surface area contributed by atoms with Crippen LogP contribution >= 0.6 is 22.7 Å². The lowest BCUT2D eigenvalue weighted by Crippen LogP contribution is -2.43. The number of hydrogen-bond acceptors (Lipinski definition) is 7. The maximum absolute atomic E-state index is 14.1. The fourth-order valence-electron chi connectivity index (χ4n) is 7.68. The van der Waals surface area contributed by atoms with Crippen molar-refractivity contribution < 1.29 is 24.3 Å². The van der Waals surface area contributed by atoms with E-state index in [9.17, 15) is 24.3 Å². The molecule has 9 heteroatoms. The number of hydrogen-bond donors (Lipinski definition) is 1. The summed E-state index contributed by atoms with van der Waals surface area (Å²) in [6.07, 6.45) is 4.91. The van der Waals surface area contributed by atoms with Gasteiger partial charge in [0.05, 0.1) is 36.8 Å². The smallest absolute Gasteiger partial charge is 0.234 e. The number of aromatic hydroxyl groups is 1. The Morgan fingerprint density at radius 2 is 1.45 bits per heavy atom. The molecular formula is C33H30N2O5S2. The number of para-hydroxylation sites is 1. The molecule has 214 valence electrons. The predicted octanol–water partition coefficient (Wildman–Crippen LogP) is 5.28. The number of likely N-dealkylation sites (tertiary alicyclic amines) is 2. The van der Waals surface area contributed by atoms with Gasteiger partial charge in [0.1, 0.15) is 5.75 Å². The Balaban J connectivity index is 1.31. The molecule has 3 fully saturated rings. The number of imide groups is 2. The molecule has 1 N–H and O–H groups in total. The summed E-state index contributed by atoms with van der Waals surface area (Å²) in [5.74, 6) is -4.11. The highest BCUT2D eigenvalue weighted by molar-refractivity contribution is 7.10. The number of carbonyl (C=O) groups excluding carboxylic acids is 4. The van der Waals surface area contributed by atoms with E-state index >= 15 is 0 Å². The summed E-state index contributed by atoms with van der Waals surface area (Å²) >= 11 is 3.00. The largest absolute Gasteiger partial charge is 0.507 e. The molecule has 2 saturated heterocycles. The van der Waals surface area contributed by atoms with Gasteiger partial charge in [0, 0.05) is 21.2 Å². The van der Waals surface area contributed by atoms with Crippen molar-refractivity contribution in [3.05, 3.63) is 98.4 Å². The highest BCUT2D eigenvalue weighted by atomic mass is 32.1. The average molecular weight is 599 g/mol. The number of benzene rings is 1. The summed E-state index contributed by atoms with van der Waals surface area (Å²) in [5, 5.41) is 15.3. The first kappa shape index (κ1) is 27.0. The molecule has 2 aliphatic heterocycles. The molecule has 3 aromatic rings. The fourth-order valence-corrected chi connectivity index (χ4v) is 9.06. The Kier molecular flexibility index (Phi) is 6.74. The molecule has 7 rings (SSSR count). The summed E-state index contributed by atoms with van der Waals surface area (Å²) < 4.78 is 0. The van der Waals surface area contributed by atoms with Gasteiger partial charge in [-0.2, -0.15) is 0 Å². The first-order valence-corrected chi connectivity index (χ1v) is 16.0. The van der Waals surface area contributed by atoms with E-state index in [2.05, 4.69) is 6.58 Å². The number of phenolic OH excluding ortho intramolecular Hbond substituents is 1. The van der Waals surface area contributed by atoms with Crippen LogP contribution in [0.25, 0.3) is 0 Å². The summed E-state index contributed by atoms with van der Waals surface area (Å²) in [5.41, 5.74) is 2.17. The van der Waals surface area contributed by atoms with Crippen LogP contribution in [0.4, 0.5) is 0 Å². The molecule has 42 heavy (non-hydrogen) atoms. The Morgan fingerprint density at radius 1 is 0.810 bits per heavy atom. The monoisotopic (exact) mass is 598 g/mol. The van der Waals surface area contributed by atoms with Crippen LogP contribution in [0.15, 0.2) is 77.5 Å². The molecule has 6 atom stereocenters. The molecule has 1 saturated carbocycles. The van der Waals surface area contributed by atoms with Crippen molar-refractivity contribution >= 4 is 46.3 Å². The zero-order chi connectivity index (χ0) is 29.1. The van der Waals surface area contributed by atoms with Gasteiger partial charge >= 0.3 is 0 Å². The molecule has 0 bridgehead atoms. The van der Waals surface area contributed by atoms with Crippen LogP contribution in [-0.2, 0) is 38.7 Å². The molecule has 2 aromatic heterocycles. The molecule has 1 aromatic carbocycles. The van der Waals surface area contributed by atoms with Crippen molar-refractivity contribution in [3.8, 4) is 5.75 Å². The van der Waals surface area contributed by atoms with Crippen molar-refractivity contribution in [1.82, 2.24) is 9.80 Å². The number of phenols is 1. The maximum Gasteiger partial charge on any atom is 0.234 e. The second kappa shape index (κ2) is 10.5. The van der Waals surface area contributed by atoms with Gasteiger partial charge < -0.3 is 5.11 Å². The molecule has 4 heterocycles. The Hall–Kier alpha value is -3.82. The molecule has 4 aliphatic rings. The standard InChI is InChI=1S/C33H30N2O5S2/c1-2-6-18-7-3-10-22(29(18)36)26-21-11-12-23-27(32(39)34(30(23)37)16-19-8-4-13-41-19)24(21)15-25-28(26)33(40)35(31(25)38)17-20-9-5-14-42-20/h2-5,7-11,13-14,23-28,36H,1,6,12,15-17H2. The predicted molar refractivity (Wildman–Crippen MR) is 159 cm³/mol. The second-order valence-corrected chi connectivity index (χ2v) is 13.6. The molecule has 6 unspecified atom stereocenters. The van der Waals surface area contributed by atoms with E-state index < -0.39 is 29.6 Å².